The number of hydrazine groups is 1. The average molecular weight is 317 g/mol. The minimum atomic E-state index is -1.18. The van der Waals surface area contributed by atoms with Gasteiger partial charge >= 0.3 is 6.03 Å². The van der Waals surface area contributed by atoms with Crippen LogP contribution in [0.2, 0.25) is 0 Å². The molecule has 4 amide bonds. The maximum atomic E-state index is 12.7. The number of hydrogen-bond acceptors (Lipinski definition) is 4. The molecule has 0 aromatic heterocycles. The Morgan fingerprint density at radius 3 is 2.57 bits per heavy atom. The van der Waals surface area contributed by atoms with Crippen LogP contribution in [0.5, 0.6) is 0 Å². The molecule has 0 radical (unpaired) electrons. The first-order valence-electron chi connectivity index (χ1n) is 7.63. The van der Waals surface area contributed by atoms with E-state index in [0.717, 1.165) is 5.01 Å². The lowest BCUT2D eigenvalue weighted by Gasteiger charge is -2.24. The molecule has 0 bridgehead atoms. The van der Waals surface area contributed by atoms with E-state index in [9.17, 15) is 14.4 Å². The Balaban J connectivity index is 1.75. The molecule has 122 valence electrons. The highest BCUT2D eigenvalue weighted by molar-refractivity contribution is 6.08. The molecule has 7 nitrogen and oxygen atoms in total. The van der Waals surface area contributed by atoms with E-state index in [1.165, 1.54) is 0 Å². The highest BCUT2D eigenvalue weighted by atomic mass is 16.5. The summed E-state index contributed by atoms with van der Waals surface area (Å²) in [4.78, 5) is 37.1. The molecule has 2 N–H and O–H groups in total. The molecule has 0 saturated carbocycles. The van der Waals surface area contributed by atoms with Gasteiger partial charge in [0.25, 0.3) is 5.91 Å². The van der Waals surface area contributed by atoms with Crippen LogP contribution < -0.4 is 10.7 Å². The fraction of sp³-hybridized carbons (Fsp3) is 0.438. The third kappa shape index (κ3) is 2.79. The first-order chi connectivity index (χ1) is 11.0. The van der Waals surface area contributed by atoms with Crippen molar-refractivity contribution in [1.29, 1.82) is 0 Å². The number of imide groups is 1. The van der Waals surface area contributed by atoms with Gasteiger partial charge in [-0.05, 0) is 25.3 Å². The lowest BCUT2D eigenvalue weighted by Crippen LogP contribution is -2.50. The number of rotatable bonds is 3. The Bertz CT molecular complexity index is 627. The molecule has 3 rings (SSSR count). The van der Waals surface area contributed by atoms with Crippen LogP contribution in [0.1, 0.15) is 25.3 Å². The van der Waals surface area contributed by atoms with Crippen molar-refractivity contribution in [3.05, 3.63) is 35.9 Å². The molecule has 2 aliphatic rings. The van der Waals surface area contributed by atoms with E-state index in [0.29, 0.717) is 31.6 Å². The summed E-state index contributed by atoms with van der Waals surface area (Å²) in [6.45, 7) is 2.66. The number of ether oxygens (including phenoxy) is 1. The van der Waals surface area contributed by atoms with Gasteiger partial charge in [0, 0.05) is 19.1 Å². The van der Waals surface area contributed by atoms with Crippen LogP contribution in [0, 0.1) is 5.92 Å². The van der Waals surface area contributed by atoms with Crippen LogP contribution in [0.15, 0.2) is 30.3 Å². The van der Waals surface area contributed by atoms with E-state index in [1.807, 2.05) is 6.07 Å². The summed E-state index contributed by atoms with van der Waals surface area (Å²) < 4.78 is 5.21. The Labute approximate surface area is 133 Å². The number of hydrogen-bond donors (Lipinski definition) is 2. The Kier molecular flexibility index (Phi) is 4.04. The number of urea groups is 1. The molecule has 2 fully saturated rings. The summed E-state index contributed by atoms with van der Waals surface area (Å²) in [6, 6.07) is 8.33. The molecule has 23 heavy (non-hydrogen) atoms. The summed E-state index contributed by atoms with van der Waals surface area (Å²) in [6.07, 6.45) is 1.18. The fourth-order valence-electron chi connectivity index (χ4n) is 2.87. The lowest BCUT2D eigenvalue weighted by molar-refractivity contribution is -0.141. The summed E-state index contributed by atoms with van der Waals surface area (Å²) in [5, 5.41) is 3.44. The average Bonchev–Trinajstić information content (AvgIpc) is 2.81. The molecule has 1 aromatic carbocycles. The van der Waals surface area contributed by atoms with Gasteiger partial charge in [0.2, 0.25) is 5.91 Å². The van der Waals surface area contributed by atoms with Crippen LogP contribution in [0.25, 0.3) is 0 Å². The maximum Gasteiger partial charge on any atom is 0.344 e. The standard InChI is InChI=1S/C16H19N3O4/c1-16(12-5-3-2-4-6-12)14(21)19(15(22)17-16)18-13(20)11-7-9-23-10-8-11/h2-6,11H,7-10H2,1H3,(H,17,22)(H,18,20). The van der Waals surface area contributed by atoms with Gasteiger partial charge in [0.1, 0.15) is 5.54 Å². The first-order valence-corrected chi connectivity index (χ1v) is 7.63. The third-order valence-corrected chi connectivity index (χ3v) is 4.36. The zero-order chi connectivity index (χ0) is 16.4. The highest BCUT2D eigenvalue weighted by Crippen LogP contribution is 2.28. The largest absolute Gasteiger partial charge is 0.381 e. The van der Waals surface area contributed by atoms with E-state index in [-0.39, 0.29) is 11.8 Å². The van der Waals surface area contributed by atoms with Crippen LogP contribution in [-0.2, 0) is 19.9 Å². The Morgan fingerprint density at radius 1 is 1.26 bits per heavy atom. The highest BCUT2D eigenvalue weighted by Gasteiger charge is 2.50. The summed E-state index contributed by atoms with van der Waals surface area (Å²) in [5.74, 6) is -1.06. The maximum absolute atomic E-state index is 12.7. The number of carbonyl (C=O) groups excluding carboxylic acids is 3. The number of amides is 4. The van der Waals surface area contributed by atoms with Gasteiger partial charge in [0.15, 0.2) is 0 Å². The van der Waals surface area contributed by atoms with Crippen LogP contribution >= 0.6 is 0 Å². The summed E-state index contributed by atoms with van der Waals surface area (Å²) in [5.41, 5.74) is 1.94. The fourth-order valence-corrected chi connectivity index (χ4v) is 2.87. The van der Waals surface area contributed by atoms with Gasteiger partial charge in [-0.15, -0.1) is 0 Å². The van der Waals surface area contributed by atoms with Gasteiger partial charge in [0.05, 0.1) is 0 Å². The molecule has 2 aliphatic heterocycles. The smallest absolute Gasteiger partial charge is 0.344 e. The van der Waals surface area contributed by atoms with Gasteiger partial charge in [-0.25, -0.2) is 4.79 Å². The van der Waals surface area contributed by atoms with Crippen LogP contribution in [0.3, 0.4) is 0 Å². The molecule has 1 aromatic rings. The number of nitrogens with zero attached hydrogens (tertiary/aromatic N) is 1. The normalized spacial score (nSPS) is 25.3. The van der Waals surface area contributed by atoms with Crippen LogP contribution in [-0.4, -0.2) is 36.1 Å². The Hall–Kier alpha value is -2.41. The minimum absolute atomic E-state index is 0.243. The molecular weight excluding hydrogens is 298 g/mol. The minimum Gasteiger partial charge on any atom is -0.381 e. The Morgan fingerprint density at radius 2 is 1.91 bits per heavy atom. The van der Waals surface area contributed by atoms with E-state index in [4.69, 9.17) is 4.74 Å². The van der Waals surface area contributed by atoms with Crippen molar-refractivity contribution in [3.8, 4) is 0 Å². The first kappa shape index (κ1) is 15.5. The SMILES string of the molecule is CC1(c2ccccc2)NC(=O)N(NC(=O)C2CCOCC2)C1=O. The number of nitrogens with one attached hydrogen (secondary N) is 2. The molecule has 7 heteroatoms. The van der Waals surface area contributed by atoms with E-state index >= 15 is 0 Å². The van der Waals surface area contributed by atoms with Gasteiger partial charge in [-0.2, -0.15) is 5.01 Å². The molecule has 2 saturated heterocycles. The number of carbonyl (C=O) groups is 3. The second-order valence-corrected chi connectivity index (χ2v) is 5.92. The van der Waals surface area contributed by atoms with E-state index < -0.39 is 17.5 Å². The predicted molar refractivity (Wildman–Crippen MR) is 80.9 cm³/mol. The van der Waals surface area contributed by atoms with Crippen molar-refractivity contribution in [3.63, 3.8) is 0 Å². The van der Waals surface area contributed by atoms with E-state index in [1.54, 1.807) is 31.2 Å². The monoisotopic (exact) mass is 317 g/mol. The van der Waals surface area contributed by atoms with Crippen molar-refractivity contribution in [1.82, 2.24) is 15.8 Å². The second kappa shape index (κ2) is 6.00. The summed E-state index contributed by atoms with van der Waals surface area (Å²) >= 11 is 0. The van der Waals surface area contributed by atoms with Crippen LogP contribution in [0.4, 0.5) is 4.79 Å². The quantitative estimate of drug-likeness (QED) is 0.811. The zero-order valence-corrected chi connectivity index (χ0v) is 12.9. The van der Waals surface area contributed by atoms with Crippen molar-refractivity contribution >= 4 is 17.8 Å². The lowest BCUT2D eigenvalue weighted by atomic mass is 9.92. The number of benzene rings is 1. The topological polar surface area (TPSA) is 87.7 Å². The molecular formula is C16H19N3O4. The molecule has 0 aliphatic carbocycles. The van der Waals surface area contributed by atoms with Gasteiger partial charge in [-0.3, -0.25) is 15.0 Å². The molecule has 0 spiro atoms. The second-order valence-electron chi connectivity index (χ2n) is 5.92. The third-order valence-electron chi connectivity index (χ3n) is 4.36. The van der Waals surface area contributed by atoms with Crippen molar-refractivity contribution < 1.29 is 19.1 Å². The molecule has 1 unspecified atom stereocenters. The van der Waals surface area contributed by atoms with Crippen molar-refractivity contribution in [2.24, 2.45) is 5.92 Å². The van der Waals surface area contributed by atoms with Gasteiger partial charge < -0.3 is 10.1 Å². The predicted octanol–water partition coefficient (Wildman–Crippen LogP) is 0.911. The van der Waals surface area contributed by atoms with E-state index in [2.05, 4.69) is 10.7 Å². The van der Waals surface area contributed by atoms with Crippen molar-refractivity contribution in [2.45, 2.75) is 25.3 Å². The van der Waals surface area contributed by atoms with Gasteiger partial charge in [-0.1, -0.05) is 30.3 Å². The van der Waals surface area contributed by atoms with Crippen molar-refractivity contribution in [2.75, 3.05) is 13.2 Å². The summed E-state index contributed by atoms with van der Waals surface area (Å²) in [7, 11) is 0. The zero-order valence-electron chi connectivity index (χ0n) is 12.9. The molecule has 1 atom stereocenters. The molecule has 2 heterocycles.